The minimum atomic E-state index is -0.602. The Morgan fingerprint density at radius 3 is 2.43 bits per heavy atom. The second kappa shape index (κ2) is 5.51. The normalized spacial score (nSPS) is 25.0. The summed E-state index contributed by atoms with van der Waals surface area (Å²) in [4.78, 5) is 27.5. The summed E-state index contributed by atoms with van der Waals surface area (Å²) >= 11 is 0. The molecule has 1 heterocycles. The number of carbonyl (C=O) groups excluding carboxylic acids is 2. The lowest BCUT2D eigenvalue weighted by atomic mass is 9.77. The molecule has 1 unspecified atom stereocenters. The minimum absolute atomic E-state index is 0.0255. The van der Waals surface area contributed by atoms with Crippen LogP contribution in [0.2, 0.25) is 0 Å². The molecule has 2 aliphatic rings. The molecule has 112 valence electrons. The van der Waals surface area contributed by atoms with Crippen LogP contribution in [0.3, 0.4) is 0 Å². The summed E-state index contributed by atoms with van der Waals surface area (Å²) in [7, 11) is 0. The summed E-state index contributed by atoms with van der Waals surface area (Å²) in [6, 6.07) is 8.97. The molecule has 4 nitrogen and oxygen atoms in total. The summed E-state index contributed by atoms with van der Waals surface area (Å²) in [5, 5.41) is 2.98. The maximum Gasteiger partial charge on any atom is 0.250 e. The third kappa shape index (κ3) is 2.23. The van der Waals surface area contributed by atoms with Crippen molar-refractivity contribution < 1.29 is 9.59 Å². The molecule has 1 saturated heterocycles. The predicted molar refractivity (Wildman–Crippen MR) is 80.5 cm³/mol. The molecule has 1 saturated carbocycles. The lowest BCUT2D eigenvalue weighted by molar-refractivity contribution is -0.160. The zero-order valence-electron chi connectivity index (χ0n) is 12.5. The smallest absolute Gasteiger partial charge is 0.250 e. The zero-order valence-corrected chi connectivity index (χ0v) is 12.5. The Bertz CT molecular complexity index is 535. The molecular formula is C17H22N2O2. The number of carbonyl (C=O) groups is 2. The van der Waals surface area contributed by atoms with E-state index in [0.29, 0.717) is 6.54 Å². The van der Waals surface area contributed by atoms with Gasteiger partial charge in [0.1, 0.15) is 11.6 Å². The van der Waals surface area contributed by atoms with Crippen LogP contribution in [0.1, 0.15) is 50.6 Å². The summed E-state index contributed by atoms with van der Waals surface area (Å²) in [6.45, 7) is 2.56. The Hall–Kier alpha value is -1.84. The summed E-state index contributed by atoms with van der Waals surface area (Å²) in [5.41, 5.74) is 0.259. The van der Waals surface area contributed by atoms with Crippen molar-refractivity contribution in [1.82, 2.24) is 10.2 Å². The Morgan fingerprint density at radius 1 is 1.14 bits per heavy atom. The van der Waals surface area contributed by atoms with E-state index in [1.807, 2.05) is 42.2 Å². The molecule has 1 aromatic carbocycles. The molecular weight excluding hydrogens is 264 g/mol. The maximum absolute atomic E-state index is 12.9. The van der Waals surface area contributed by atoms with E-state index in [0.717, 1.165) is 37.7 Å². The van der Waals surface area contributed by atoms with Gasteiger partial charge in [0.2, 0.25) is 5.91 Å². The van der Waals surface area contributed by atoms with Gasteiger partial charge in [0.05, 0.1) is 0 Å². The van der Waals surface area contributed by atoms with Crippen molar-refractivity contribution >= 4 is 11.8 Å². The first-order valence-corrected chi connectivity index (χ1v) is 7.86. The predicted octanol–water partition coefficient (Wildman–Crippen LogP) is 2.41. The average Bonchev–Trinajstić information content (AvgIpc) is 2.53. The summed E-state index contributed by atoms with van der Waals surface area (Å²) in [5.74, 6) is 0.0581. The number of piperazine rings is 1. The Labute approximate surface area is 125 Å². The molecule has 1 spiro atoms. The highest BCUT2D eigenvalue weighted by atomic mass is 16.2. The SMILES string of the molecule is CCN1C(=O)C(c2ccccc2)NC(=O)C12CCCCC2. The van der Waals surface area contributed by atoms with Gasteiger partial charge in [-0.2, -0.15) is 0 Å². The van der Waals surface area contributed by atoms with Crippen LogP contribution < -0.4 is 5.32 Å². The maximum atomic E-state index is 12.9. The van der Waals surface area contributed by atoms with Gasteiger partial charge in [-0.3, -0.25) is 9.59 Å². The van der Waals surface area contributed by atoms with Gasteiger partial charge < -0.3 is 10.2 Å². The van der Waals surface area contributed by atoms with Gasteiger partial charge in [-0.05, 0) is 25.3 Å². The number of likely N-dealkylation sites (N-methyl/N-ethyl adjacent to an activating group) is 1. The molecule has 1 aliphatic carbocycles. The Balaban J connectivity index is 1.94. The highest BCUT2D eigenvalue weighted by Crippen LogP contribution is 2.38. The molecule has 4 heteroatoms. The van der Waals surface area contributed by atoms with Crippen molar-refractivity contribution in [3.63, 3.8) is 0 Å². The second-order valence-electron chi connectivity index (χ2n) is 5.99. The number of nitrogens with one attached hydrogen (secondary N) is 1. The standard InChI is InChI=1S/C17H22N2O2/c1-2-19-15(20)14(13-9-5-3-6-10-13)18-16(21)17(19)11-7-4-8-12-17/h3,5-6,9-10,14H,2,4,7-8,11-12H2,1H3,(H,18,21). The van der Waals surface area contributed by atoms with Crippen molar-refractivity contribution in [3.05, 3.63) is 35.9 Å². The third-order valence-corrected chi connectivity index (χ3v) is 4.86. The molecule has 0 aromatic heterocycles. The molecule has 1 N–H and O–H groups in total. The van der Waals surface area contributed by atoms with Crippen LogP contribution in [0.25, 0.3) is 0 Å². The van der Waals surface area contributed by atoms with Crippen molar-refractivity contribution in [2.45, 2.75) is 50.6 Å². The van der Waals surface area contributed by atoms with Crippen LogP contribution in [0.15, 0.2) is 30.3 Å². The van der Waals surface area contributed by atoms with E-state index in [2.05, 4.69) is 5.32 Å². The minimum Gasteiger partial charge on any atom is -0.338 e. The lowest BCUT2D eigenvalue weighted by Crippen LogP contribution is -2.68. The van der Waals surface area contributed by atoms with Crippen LogP contribution in [-0.4, -0.2) is 28.8 Å². The van der Waals surface area contributed by atoms with Gasteiger partial charge in [0.25, 0.3) is 5.91 Å². The third-order valence-electron chi connectivity index (χ3n) is 4.86. The van der Waals surface area contributed by atoms with Crippen LogP contribution in [0.4, 0.5) is 0 Å². The molecule has 2 amide bonds. The first-order chi connectivity index (χ1) is 10.2. The molecule has 0 radical (unpaired) electrons. The Morgan fingerprint density at radius 2 is 1.81 bits per heavy atom. The van der Waals surface area contributed by atoms with Crippen LogP contribution in [-0.2, 0) is 9.59 Å². The fourth-order valence-corrected chi connectivity index (χ4v) is 3.78. The molecule has 2 fully saturated rings. The zero-order chi connectivity index (χ0) is 14.9. The molecule has 1 aromatic rings. The van der Waals surface area contributed by atoms with Gasteiger partial charge >= 0.3 is 0 Å². The molecule has 3 rings (SSSR count). The van der Waals surface area contributed by atoms with E-state index in [-0.39, 0.29) is 11.8 Å². The van der Waals surface area contributed by atoms with Crippen LogP contribution >= 0.6 is 0 Å². The monoisotopic (exact) mass is 286 g/mol. The van der Waals surface area contributed by atoms with E-state index in [9.17, 15) is 9.59 Å². The largest absolute Gasteiger partial charge is 0.338 e. The van der Waals surface area contributed by atoms with E-state index < -0.39 is 11.6 Å². The fraction of sp³-hybridized carbons (Fsp3) is 0.529. The van der Waals surface area contributed by atoms with Gasteiger partial charge in [-0.1, -0.05) is 49.6 Å². The summed E-state index contributed by atoms with van der Waals surface area (Å²) < 4.78 is 0. The average molecular weight is 286 g/mol. The number of rotatable bonds is 2. The molecule has 21 heavy (non-hydrogen) atoms. The second-order valence-corrected chi connectivity index (χ2v) is 5.99. The quantitative estimate of drug-likeness (QED) is 0.907. The highest BCUT2D eigenvalue weighted by Gasteiger charge is 2.52. The van der Waals surface area contributed by atoms with Crippen molar-refractivity contribution in [3.8, 4) is 0 Å². The summed E-state index contributed by atoms with van der Waals surface area (Å²) in [6.07, 6.45) is 4.78. The van der Waals surface area contributed by atoms with E-state index in [4.69, 9.17) is 0 Å². The fourth-order valence-electron chi connectivity index (χ4n) is 3.78. The molecule has 0 bridgehead atoms. The van der Waals surface area contributed by atoms with Gasteiger partial charge in [0.15, 0.2) is 0 Å². The number of nitrogens with zero attached hydrogens (tertiary/aromatic N) is 1. The first kappa shape index (κ1) is 14.1. The number of benzene rings is 1. The molecule has 1 aliphatic heterocycles. The van der Waals surface area contributed by atoms with Gasteiger partial charge in [-0.15, -0.1) is 0 Å². The van der Waals surface area contributed by atoms with Crippen molar-refractivity contribution in [2.24, 2.45) is 0 Å². The number of hydrogen-bond donors (Lipinski definition) is 1. The molecule has 1 atom stereocenters. The van der Waals surface area contributed by atoms with Gasteiger partial charge in [0, 0.05) is 6.54 Å². The first-order valence-electron chi connectivity index (χ1n) is 7.86. The van der Waals surface area contributed by atoms with E-state index in [1.54, 1.807) is 0 Å². The van der Waals surface area contributed by atoms with E-state index >= 15 is 0 Å². The Kier molecular flexibility index (Phi) is 3.70. The highest BCUT2D eigenvalue weighted by molar-refractivity contribution is 6.00. The topological polar surface area (TPSA) is 49.4 Å². The van der Waals surface area contributed by atoms with E-state index in [1.165, 1.54) is 0 Å². The number of hydrogen-bond acceptors (Lipinski definition) is 2. The lowest BCUT2D eigenvalue weighted by Gasteiger charge is -2.49. The van der Waals surface area contributed by atoms with Crippen molar-refractivity contribution in [1.29, 1.82) is 0 Å². The van der Waals surface area contributed by atoms with Gasteiger partial charge in [-0.25, -0.2) is 0 Å². The van der Waals surface area contributed by atoms with Crippen molar-refractivity contribution in [2.75, 3.05) is 6.54 Å². The van der Waals surface area contributed by atoms with Crippen LogP contribution in [0.5, 0.6) is 0 Å². The van der Waals surface area contributed by atoms with Crippen LogP contribution in [0, 0.1) is 0 Å². The number of amides is 2.